The third kappa shape index (κ3) is 13.5. The highest BCUT2D eigenvalue weighted by Gasteiger charge is 2.37. The molecule has 0 spiro atoms. The molecule has 0 amide bonds. The Bertz CT molecular complexity index is 2200. The molecule has 1 unspecified atom stereocenters. The molecule has 2 aromatic rings. The summed E-state index contributed by atoms with van der Waals surface area (Å²) < 4.78 is 16.3. The molecule has 2 aliphatic rings. The van der Waals surface area contributed by atoms with E-state index in [1.54, 1.807) is 13.8 Å². The normalized spacial score (nSPS) is 20.5. The summed E-state index contributed by atoms with van der Waals surface area (Å²) in [5.74, 6) is -0.0649. The number of aliphatic hydroxyl groups excluding tert-OH is 4. The Morgan fingerprint density at radius 2 is 1.14 bits per heavy atom. The molecule has 4 heterocycles. The van der Waals surface area contributed by atoms with Crippen molar-refractivity contribution >= 4 is 0 Å². The summed E-state index contributed by atoms with van der Waals surface area (Å²) in [5.41, 5.74) is 4.29. The second kappa shape index (κ2) is 23.1. The zero-order chi connectivity index (χ0) is 47.5. The maximum absolute atomic E-state index is 13.3. The monoisotopic (exact) mass is 893 g/mol. The van der Waals surface area contributed by atoms with E-state index in [4.69, 9.17) is 9.47 Å². The van der Waals surface area contributed by atoms with Gasteiger partial charge in [-0.1, -0.05) is 74.3 Å². The second-order valence-electron chi connectivity index (χ2n) is 19.5. The summed E-state index contributed by atoms with van der Waals surface area (Å²) in [7, 11) is 0. The molecule has 14 nitrogen and oxygen atoms in total. The van der Waals surface area contributed by atoms with Crippen molar-refractivity contribution in [1.82, 2.24) is 18.3 Å². The first-order chi connectivity index (χ1) is 30.1. The van der Waals surface area contributed by atoms with E-state index in [0.29, 0.717) is 11.1 Å². The van der Waals surface area contributed by atoms with Gasteiger partial charge in [0.15, 0.2) is 12.0 Å². The summed E-state index contributed by atoms with van der Waals surface area (Å²) in [6, 6.07) is 0. The van der Waals surface area contributed by atoms with Gasteiger partial charge >= 0.3 is 11.4 Å². The minimum Gasteiger partial charge on any atom is -0.508 e. The maximum atomic E-state index is 13.3. The molecule has 4 rings (SSSR count). The number of ether oxygens (including phenoxy) is 2. The number of nitrogens with zero attached hydrogens (tertiary/aromatic N) is 4. The van der Waals surface area contributed by atoms with Crippen molar-refractivity contribution in [3.63, 3.8) is 0 Å². The van der Waals surface area contributed by atoms with Gasteiger partial charge < -0.3 is 29.9 Å². The average Bonchev–Trinajstić information content (AvgIpc) is 3.80. The van der Waals surface area contributed by atoms with Crippen LogP contribution in [0.1, 0.15) is 156 Å². The van der Waals surface area contributed by atoms with E-state index >= 15 is 0 Å². The first kappa shape index (κ1) is 52.1. The first-order valence-electron chi connectivity index (χ1n) is 23.0. The summed E-state index contributed by atoms with van der Waals surface area (Å²) in [6.45, 7) is 20.7. The molecule has 356 valence electrons. The zero-order valence-electron chi connectivity index (χ0n) is 40.1. The van der Waals surface area contributed by atoms with Crippen LogP contribution in [0.3, 0.4) is 0 Å². The third-order valence-corrected chi connectivity index (χ3v) is 13.7. The molecule has 0 aliphatic carbocycles. The molecule has 1 fully saturated rings. The van der Waals surface area contributed by atoms with Crippen LogP contribution in [0.5, 0.6) is 0 Å². The predicted octanol–water partition coefficient (Wildman–Crippen LogP) is 7.71. The van der Waals surface area contributed by atoms with Crippen molar-refractivity contribution in [3.8, 4) is 0 Å². The van der Waals surface area contributed by atoms with Gasteiger partial charge in [0.2, 0.25) is 0 Å². The van der Waals surface area contributed by atoms with Crippen LogP contribution < -0.4 is 22.5 Å². The standard InChI is InChI=1S/C50H76N4O10/c1-33(15-11-17-35(3)21-25-51-45(59)37(5)29-53(47(51)61)43-27-39(57)41(31-55)63-43)19-13-23-49(7,8)50(9,10)24-14-20-34(2)16-12-18-36(4)22-26-52-46(60)38(6)30-54(48(52)62)44-28-40(58)42(32-56)64-44/h15-16,21-22,29-30,39,41,43-44,55-58H,11-14,17-20,23-28,31-32H2,1-10H3/b33-15+,34-16+,35-21+,36-22+/t39?,41-,43-,44-/m1/s1. The van der Waals surface area contributed by atoms with Crippen molar-refractivity contribution in [1.29, 1.82) is 0 Å². The lowest BCUT2D eigenvalue weighted by Gasteiger charge is -2.42. The minimum absolute atomic E-state index is 0.0358. The Labute approximate surface area is 378 Å². The van der Waals surface area contributed by atoms with Gasteiger partial charge in [-0.3, -0.25) is 27.9 Å². The lowest BCUT2D eigenvalue weighted by molar-refractivity contribution is -0.0463. The third-order valence-electron chi connectivity index (χ3n) is 13.7. The van der Waals surface area contributed by atoms with Gasteiger partial charge in [0, 0.05) is 43.0 Å². The topological polar surface area (TPSA) is 187 Å². The van der Waals surface area contributed by atoms with Crippen molar-refractivity contribution in [2.75, 3.05) is 13.2 Å². The highest BCUT2D eigenvalue weighted by Crippen LogP contribution is 2.46. The molecule has 4 atom stereocenters. The molecule has 64 heavy (non-hydrogen) atoms. The molecule has 2 aliphatic heterocycles. The molecule has 0 aromatic carbocycles. The predicted molar refractivity (Wildman–Crippen MR) is 251 cm³/mol. The van der Waals surface area contributed by atoms with Gasteiger partial charge in [-0.05, 0) is 117 Å². The van der Waals surface area contributed by atoms with Gasteiger partial charge in [0.05, 0.1) is 19.1 Å². The lowest BCUT2D eigenvalue weighted by atomic mass is 9.63. The van der Waals surface area contributed by atoms with Gasteiger partial charge in [-0.15, -0.1) is 0 Å². The number of aliphatic hydroxyl groups is 4. The van der Waals surface area contributed by atoms with Crippen molar-refractivity contribution in [2.45, 2.75) is 184 Å². The Morgan fingerprint density at radius 3 is 1.55 bits per heavy atom. The number of allylic oxidation sites excluding steroid dienone is 8. The van der Waals surface area contributed by atoms with E-state index in [1.165, 1.54) is 41.8 Å². The molecular weight excluding hydrogens is 817 g/mol. The van der Waals surface area contributed by atoms with E-state index in [9.17, 15) is 39.6 Å². The Kier molecular flexibility index (Phi) is 18.8. The number of aromatic nitrogens is 4. The average molecular weight is 893 g/mol. The van der Waals surface area contributed by atoms with Crippen LogP contribution in [-0.4, -0.2) is 64.1 Å². The largest absolute Gasteiger partial charge is 0.508 e. The van der Waals surface area contributed by atoms with Crippen molar-refractivity contribution in [2.24, 2.45) is 10.8 Å². The van der Waals surface area contributed by atoms with Crippen LogP contribution in [0.4, 0.5) is 0 Å². The molecule has 14 heteroatoms. The smallest absolute Gasteiger partial charge is 0.334 e. The number of hydrogen-bond acceptors (Lipinski definition) is 10. The fraction of sp³-hybridized carbons (Fsp3) is 0.640. The van der Waals surface area contributed by atoms with Crippen molar-refractivity contribution < 1.29 is 29.9 Å². The highest BCUT2D eigenvalue weighted by molar-refractivity contribution is 5.12. The second-order valence-corrected chi connectivity index (χ2v) is 19.5. The number of hydrogen-bond donors (Lipinski definition) is 4. The maximum Gasteiger partial charge on any atom is 0.334 e. The number of rotatable bonds is 23. The minimum atomic E-state index is -0.882. The van der Waals surface area contributed by atoms with Crippen molar-refractivity contribution in [3.05, 3.63) is 123 Å². The van der Waals surface area contributed by atoms with Gasteiger partial charge in [-0.25, -0.2) is 9.59 Å². The molecule has 2 aromatic heterocycles. The summed E-state index contributed by atoms with van der Waals surface area (Å²) in [6.07, 6.45) is 18.3. The fourth-order valence-electron chi connectivity index (χ4n) is 8.43. The number of aryl methyl sites for hydroxylation is 2. The Morgan fingerprint density at radius 1 is 0.703 bits per heavy atom. The fourth-order valence-corrected chi connectivity index (χ4v) is 8.43. The van der Waals surface area contributed by atoms with E-state index in [2.05, 4.69) is 53.7 Å². The molecule has 1 saturated heterocycles. The summed E-state index contributed by atoms with van der Waals surface area (Å²) in [4.78, 5) is 52.3. The van der Waals surface area contributed by atoms with Crippen LogP contribution in [0, 0.1) is 24.7 Å². The van der Waals surface area contributed by atoms with E-state index < -0.39 is 42.7 Å². The van der Waals surface area contributed by atoms with Crippen LogP contribution >= 0.6 is 0 Å². The summed E-state index contributed by atoms with van der Waals surface area (Å²) in [5, 5.41) is 39.1. The summed E-state index contributed by atoms with van der Waals surface area (Å²) >= 11 is 0. The SMILES string of the molecule is C/C(=C\Cn1c(=O)c(C)cn([C@H]2CC(O)=C(CO)O2)c1=O)CC/C=C(\C)CCCC(C)(C)C(C)(C)CCC/C(C)=C/CC/C(C)=C/Cn1c(=O)c(C)cn([C@H]2CC(O)[C@@H](CO)O2)c1=O. The first-order valence-corrected chi connectivity index (χ1v) is 23.0. The molecule has 0 radical (unpaired) electrons. The quantitative estimate of drug-likeness (QED) is 0.0805. The van der Waals surface area contributed by atoms with Crippen LogP contribution in [0.15, 0.2) is 89.7 Å². The molecule has 4 N–H and O–H groups in total. The lowest BCUT2D eigenvalue weighted by Crippen LogP contribution is -2.42. The highest BCUT2D eigenvalue weighted by atomic mass is 16.5. The molecule has 0 bridgehead atoms. The van der Waals surface area contributed by atoms with Crippen LogP contribution in [0.2, 0.25) is 0 Å². The van der Waals surface area contributed by atoms with Crippen LogP contribution in [0.25, 0.3) is 0 Å². The van der Waals surface area contributed by atoms with E-state index in [0.717, 1.165) is 75.4 Å². The van der Waals surface area contributed by atoms with E-state index in [-0.39, 0.29) is 66.0 Å². The molecule has 0 saturated carbocycles. The Balaban J connectivity index is 1.18. The van der Waals surface area contributed by atoms with Gasteiger partial charge in [0.25, 0.3) is 11.1 Å². The zero-order valence-corrected chi connectivity index (χ0v) is 40.1. The van der Waals surface area contributed by atoms with Gasteiger partial charge in [0.1, 0.15) is 24.7 Å². The Hall–Kier alpha value is -4.50. The van der Waals surface area contributed by atoms with E-state index in [1.807, 2.05) is 26.0 Å². The van der Waals surface area contributed by atoms with Gasteiger partial charge in [-0.2, -0.15) is 0 Å². The molecular formula is C50H76N4O10. The van der Waals surface area contributed by atoms with Crippen LogP contribution in [-0.2, 0) is 22.6 Å².